The summed E-state index contributed by atoms with van der Waals surface area (Å²) in [5.41, 5.74) is 1.96. The van der Waals surface area contributed by atoms with Gasteiger partial charge in [0.15, 0.2) is 6.10 Å². The van der Waals surface area contributed by atoms with Gasteiger partial charge in [0.25, 0.3) is 5.91 Å². The predicted octanol–water partition coefficient (Wildman–Crippen LogP) is 2.64. The number of rotatable bonds is 4. The highest BCUT2D eigenvalue weighted by atomic mass is 16.5. The molecule has 1 aliphatic heterocycles. The average molecular weight is 338 g/mol. The van der Waals surface area contributed by atoms with E-state index in [0.717, 1.165) is 11.3 Å². The molecule has 130 valence electrons. The Morgan fingerprint density at radius 1 is 1.04 bits per heavy atom. The zero-order valence-electron chi connectivity index (χ0n) is 14.5. The molecule has 0 N–H and O–H groups in total. The maximum absolute atomic E-state index is 12.6. The highest BCUT2D eigenvalue weighted by molar-refractivity contribution is 5.98. The Morgan fingerprint density at radius 3 is 2.40 bits per heavy atom. The van der Waals surface area contributed by atoms with E-state index in [9.17, 15) is 9.59 Å². The van der Waals surface area contributed by atoms with Crippen LogP contribution < -0.4 is 9.64 Å². The lowest BCUT2D eigenvalue weighted by Gasteiger charge is -2.36. The monoisotopic (exact) mass is 338 g/mol. The summed E-state index contributed by atoms with van der Waals surface area (Å²) < 4.78 is 5.68. The molecule has 1 atom stereocenters. The summed E-state index contributed by atoms with van der Waals surface area (Å²) in [4.78, 5) is 28.4. The van der Waals surface area contributed by atoms with E-state index in [4.69, 9.17) is 4.74 Å². The largest absolute Gasteiger partial charge is 0.481 e. The van der Waals surface area contributed by atoms with Crippen LogP contribution in [0.1, 0.15) is 12.5 Å². The molecule has 0 saturated carbocycles. The molecule has 1 heterocycles. The van der Waals surface area contributed by atoms with Gasteiger partial charge in [0.05, 0.1) is 0 Å². The number of amides is 2. The first-order valence-electron chi connectivity index (χ1n) is 8.43. The molecule has 25 heavy (non-hydrogen) atoms. The van der Waals surface area contributed by atoms with Crippen LogP contribution in [-0.2, 0) is 9.59 Å². The number of benzene rings is 2. The van der Waals surface area contributed by atoms with Crippen molar-refractivity contribution >= 4 is 17.5 Å². The molecule has 5 heteroatoms. The Morgan fingerprint density at radius 2 is 1.72 bits per heavy atom. The lowest BCUT2D eigenvalue weighted by molar-refractivity contribution is -0.142. The van der Waals surface area contributed by atoms with Gasteiger partial charge in [-0.15, -0.1) is 0 Å². The number of piperazine rings is 1. The molecule has 1 aliphatic rings. The summed E-state index contributed by atoms with van der Waals surface area (Å²) in [6.45, 7) is 4.77. The second kappa shape index (κ2) is 7.38. The van der Waals surface area contributed by atoms with Gasteiger partial charge in [0.2, 0.25) is 5.91 Å². The van der Waals surface area contributed by atoms with E-state index in [0.29, 0.717) is 18.8 Å². The number of ether oxygens (including phenoxy) is 1. The number of hydrogen-bond acceptors (Lipinski definition) is 3. The van der Waals surface area contributed by atoms with E-state index in [1.807, 2.05) is 61.5 Å². The molecule has 0 bridgehead atoms. The smallest absolute Gasteiger partial charge is 0.263 e. The van der Waals surface area contributed by atoms with Crippen molar-refractivity contribution in [1.82, 2.24) is 4.90 Å². The fourth-order valence-corrected chi connectivity index (χ4v) is 2.99. The molecule has 2 aromatic rings. The van der Waals surface area contributed by atoms with Crippen LogP contribution in [0.4, 0.5) is 5.69 Å². The number of anilines is 1. The van der Waals surface area contributed by atoms with Crippen molar-refractivity contribution in [2.75, 3.05) is 24.5 Å². The van der Waals surface area contributed by atoms with Gasteiger partial charge in [-0.25, -0.2) is 0 Å². The molecule has 2 aromatic carbocycles. The molecular formula is C20H22N2O3. The zero-order valence-corrected chi connectivity index (χ0v) is 14.5. The van der Waals surface area contributed by atoms with Crippen molar-refractivity contribution in [2.24, 2.45) is 0 Å². The molecule has 0 spiro atoms. The summed E-state index contributed by atoms with van der Waals surface area (Å²) in [5, 5.41) is 0. The summed E-state index contributed by atoms with van der Waals surface area (Å²) in [5.74, 6) is 0.413. The van der Waals surface area contributed by atoms with E-state index in [1.54, 1.807) is 16.7 Å². The van der Waals surface area contributed by atoms with Crippen molar-refractivity contribution in [1.29, 1.82) is 0 Å². The zero-order chi connectivity index (χ0) is 17.8. The summed E-state index contributed by atoms with van der Waals surface area (Å²) >= 11 is 0. The molecule has 1 fully saturated rings. The van der Waals surface area contributed by atoms with Gasteiger partial charge in [-0.05, 0) is 37.6 Å². The Hall–Kier alpha value is -2.82. The van der Waals surface area contributed by atoms with Crippen LogP contribution in [-0.4, -0.2) is 42.5 Å². The van der Waals surface area contributed by atoms with Crippen molar-refractivity contribution < 1.29 is 14.3 Å². The van der Waals surface area contributed by atoms with Crippen LogP contribution in [0, 0.1) is 6.92 Å². The third kappa shape index (κ3) is 3.82. The van der Waals surface area contributed by atoms with Crippen LogP contribution >= 0.6 is 0 Å². The van der Waals surface area contributed by atoms with Gasteiger partial charge in [-0.3, -0.25) is 9.59 Å². The minimum absolute atomic E-state index is 0.0687. The topological polar surface area (TPSA) is 49.9 Å². The molecule has 0 radical (unpaired) electrons. The number of nitrogens with zero attached hydrogens (tertiary/aromatic N) is 2. The van der Waals surface area contributed by atoms with Crippen molar-refractivity contribution in [3.05, 3.63) is 60.2 Å². The standard InChI is InChI=1S/C20H22N2O3/c1-15-8-6-7-11-18(15)22-13-12-21(14-19(22)23)20(24)16(2)25-17-9-4-3-5-10-17/h3-11,16H,12-14H2,1-2H3/t16-/m1/s1. The Bertz CT molecular complexity index is 761. The van der Waals surface area contributed by atoms with E-state index in [1.165, 1.54) is 0 Å². The quantitative estimate of drug-likeness (QED) is 0.861. The summed E-state index contributed by atoms with van der Waals surface area (Å²) in [6, 6.07) is 17.0. The van der Waals surface area contributed by atoms with E-state index >= 15 is 0 Å². The van der Waals surface area contributed by atoms with Gasteiger partial charge in [-0.1, -0.05) is 36.4 Å². The van der Waals surface area contributed by atoms with Gasteiger partial charge in [0.1, 0.15) is 12.3 Å². The average Bonchev–Trinajstić information content (AvgIpc) is 2.62. The molecular weight excluding hydrogens is 316 g/mol. The first kappa shape index (κ1) is 17.0. The van der Waals surface area contributed by atoms with Gasteiger partial charge < -0.3 is 14.5 Å². The van der Waals surface area contributed by atoms with Crippen LogP contribution in [0.25, 0.3) is 0 Å². The van der Waals surface area contributed by atoms with Crippen LogP contribution in [0.15, 0.2) is 54.6 Å². The van der Waals surface area contributed by atoms with Gasteiger partial charge >= 0.3 is 0 Å². The lowest BCUT2D eigenvalue weighted by Crippen LogP contribution is -2.55. The minimum Gasteiger partial charge on any atom is -0.481 e. The van der Waals surface area contributed by atoms with Gasteiger partial charge in [-0.2, -0.15) is 0 Å². The minimum atomic E-state index is -0.625. The van der Waals surface area contributed by atoms with Crippen molar-refractivity contribution in [3.8, 4) is 5.75 Å². The maximum Gasteiger partial charge on any atom is 0.263 e. The lowest BCUT2D eigenvalue weighted by atomic mass is 10.1. The SMILES string of the molecule is Cc1ccccc1N1CCN(C(=O)[C@@H](C)Oc2ccccc2)CC1=O. The van der Waals surface area contributed by atoms with E-state index < -0.39 is 6.10 Å². The number of para-hydroxylation sites is 2. The highest BCUT2D eigenvalue weighted by Gasteiger charge is 2.31. The third-order valence-electron chi connectivity index (χ3n) is 4.34. The number of carbonyl (C=O) groups excluding carboxylic acids is 2. The second-order valence-electron chi connectivity index (χ2n) is 6.16. The first-order chi connectivity index (χ1) is 12.1. The Balaban J connectivity index is 1.63. The summed E-state index contributed by atoms with van der Waals surface area (Å²) in [6.07, 6.45) is -0.625. The number of hydrogen-bond donors (Lipinski definition) is 0. The Labute approximate surface area is 147 Å². The molecule has 2 amide bonds. The van der Waals surface area contributed by atoms with Crippen LogP contribution in [0.3, 0.4) is 0 Å². The third-order valence-corrected chi connectivity index (χ3v) is 4.34. The first-order valence-corrected chi connectivity index (χ1v) is 8.43. The summed E-state index contributed by atoms with van der Waals surface area (Å²) in [7, 11) is 0. The highest BCUT2D eigenvalue weighted by Crippen LogP contribution is 2.22. The Kier molecular flexibility index (Phi) is 5.03. The molecule has 3 rings (SSSR count). The fraction of sp³-hybridized carbons (Fsp3) is 0.300. The van der Waals surface area contributed by atoms with Crippen molar-refractivity contribution in [3.63, 3.8) is 0 Å². The fourth-order valence-electron chi connectivity index (χ4n) is 2.99. The van der Waals surface area contributed by atoms with E-state index in [2.05, 4.69) is 0 Å². The molecule has 0 unspecified atom stereocenters. The maximum atomic E-state index is 12.6. The molecule has 0 aromatic heterocycles. The number of carbonyl (C=O) groups is 2. The normalized spacial score (nSPS) is 15.8. The molecule has 0 aliphatic carbocycles. The van der Waals surface area contributed by atoms with Crippen LogP contribution in [0.2, 0.25) is 0 Å². The molecule has 1 saturated heterocycles. The van der Waals surface area contributed by atoms with Gasteiger partial charge in [0, 0.05) is 18.8 Å². The number of aryl methyl sites for hydroxylation is 1. The van der Waals surface area contributed by atoms with E-state index in [-0.39, 0.29) is 18.4 Å². The van der Waals surface area contributed by atoms with Crippen LogP contribution in [0.5, 0.6) is 5.75 Å². The van der Waals surface area contributed by atoms with Crippen molar-refractivity contribution in [2.45, 2.75) is 20.0 Å². The second-order valence-corrected chi connectivity index (χ2v) is 6.16. The predicted molar refractivity (Wildman–Crippen MR) is 96.6 cm³/mol. The molecule has 5 nitrogen and oxygen atoms in total.